The molecule has 1 amide bonds. The average molecular weight is 499 g/mol. The monoisotopic (exact) mass is 498 g/mol. The van der Waals surface area contributed by atoms with Crippen LogP contribution >= 0.6 is 22.9 Å². The Labute approximate surface area is 200 Å². The number of nitrogens with one attached hydrogen (secondary N) is 2. The Morgan fingerprint density at radius 2 is 2.15 bits per heavy atom. The Morgan fingerprint density at radius 3 is 2.79 bits per heavy atom. The molecule has 1 aliphatic rings. The highest BCUT2D eigenvalue weighted by Gasteiger charge is 2.33. The largest absolute Gasteiger partial charge is 0.462 e. The molecule has 0 aliphatic carbocycles. The third-order valence-corrected chi connectivity index (χ3v) is 6.55. The predicted molar refractivity (Wildman–Crippen MR) is 125 cm³/mol. The fourth-order valence-electron chi connectivity index (χ4n) is 3.45. The van der Waals surface area contributed by atoms with Gasteiger partial charge in [0.1, 0.15) is 17.7 Å². The molecule has 0 aromatic carbocycles. The number of rotatable bonds is 9. The van der Waals surface area contributed by atoms with Gasteiger partial charge in [0.2, 0.25) is 0 Å². The number of ether oxygens (including phenoxy) is 2. The molecule has 2 N–H and O–H groups in total. The van der Waals surface area contributed by atoms with Gasteiger partial charge in [-0.25, -0.2) is 14.8 Å². The third-order valence-electron chi connectivity index (χ3n) is 5.13. The number of carbonyl (C=O) groups excluding carboxylic acids is 2. The van der Waals surface area contributed by atoms with Crippen molar-refractivity contribution in [3.63, 3.8) is 0 Å². The lowest BCUT2D eigenvalue weighted by Gasteiger charge is -2.37. The molecule has 0 radical (unpaired) electrons. The van der Waals surface area contributed by atoms with Gasteiger partial charge in [0.15, 0.2) is 16.1 Å². The summed E-state index contributed by atoms with van der Waals surface area (Å²) in [5, 5.41) is 7.64. The first-order chi connectivity index (χ1) is 15.9. The fourth-order valence-corrected chi connectivity index (χ4v) is 4.68. The minimum Gasteiger partial charge on any atom is -0.462 e. The number of thiazole rings is 1. The average Bonchev–Trinajstić information content (AvgIpc) is 3.41. The molecule has 180 valence electrons. The molecule has 0 bridgehead atoms. The molecule has 2 unspecified atom stereocenters. The van der Waals surface area contributed by atoms with Crippen LogP contribution in [0.2, 0.25) is 5.15 Å². The molecule has 13 heteroatoms. The van der Waals surface area contributed by atoms with Gasteiger partial charge in [0.05, 0.1) is 30.7 Å². The summed E-state index contributed by atoms with van der Waals surface area (Å²) in [6.07, 6.45) is 2.34. The molecule has 2 aromatic rings. The molecule has 2 aromatic heterocycles. The minimum atomic E-state index is -0.465. The van der Waals surface area contributed by atoms with Crippen LogP contribution in [0.15, 0.2) is 5.16 Å². The summed E-state index contributed by atoms with van der Waals surface area (Å²) < 4.78 is 10.8. The fraction of sp³-hybridized carbons (Fsp3) is 0.550. The van der Waals surface area contributed by atoms with E-state index in [4.69, 9.17) is 25.9 Å². The zero-order valence-electron chi connectivity index (χ0n) is 18.9. The van der Waals surface area contributed by atoms with E-state index in [0.717, 1.165) is 0 Å². The number of methoxy groups -OCH3 is 1. The van der Waals surface area contributed by atoms with Gasteiger partial charge >= 0.3 is 5.97 Å². The number of piperidine rings is 1. The van der Waals surface area contributed by atoms with Crippen molar-refractivity contribution in [2.75, 3.05) is 38.8 Å². The second kappa shape index (κ2) is 11.4. The number of imidazole rings is 1. The summed E-state index contributed by atoms with van der Waals surface area (Å²) in [4.78, 5) is 43.7. The molecule has 1 fully saturated rings. The van der Waals surface area contributed by atoms with Crippen molar-refractivity contribution in [2.24, 2.45) is 5.16 Å². The van der Waals surface area contributed by atoms with Gasteiger partial charge < -0.3 is 29.5 Å². The van der Waals surface area contributed by atoms with Gasteiger partial charge in [-0.15, -0.1) is 0 Å². The van der Waals surface area contributed by atoms with Crippen LogP contribution in [0.25, 0.3) is 0 Å². The van der Waals surface area contributed by atoms with E-state index in [1.165, 1.54) is 24.7 Å². The number of aryl methyl sites for hydroxylation is 1. The smallest absolute Gasteiger partial charge is 0.350 e. The first kappa shape index (κ1) is 24.9. The number of amides is 1. The summed E-state index contributed by atoms with van der Waals surface area (Å²) in [7, 11) is 3.00. The van der Waals surface area contributed by atoms with Gasteiger partial charge in [0, 0.05) is 20.2 Å². The van der Waals surface area contributed by atoms with E-state index in [0.29, 0.717) is 52.5 Å². The molecule has 11 nitrogen and oxygen atoms in total. The van der Waals surface area contributed by atoms with E-state index in [1.54, 1.807) is 14.0 Å². The van der Waals surface area contributed by atoms with Crippen molar-refractivity contribution >= 4 is 46.2 Å². The Balaban J connectivity index is 1.72. The topological polar surface area (TPSA) is 131 Å². The Hall–Kier alpha value is -2.70. The Bertz CT molecular complexity index is 1010. The summed E-state index contributed by atoms with van der Waals surface area (Å²) in [6.45, 7) is 4.99. The van der Waals surface area contributed by atoms with Crippen molar-refractivity contribution in [3.8, 4) is 0 Å². The Kier molecular flexibility index (Phi) is 8.64. The lowest BCUT2D eigenvalue weighted by molar-refractivity contribution is 0.0530. The van der Waals surface area contributed by atoms with Crippen molar-refractivity contribution < 1.29 is 23.9 Å². The molecule has 0 spiro atoms. The van der Waals surface area contributed by atoms with Crippen molar-refractivity contribution in [1.82, 2.24) is 20.3 Å². The van der Waals surface area contributed by atoms with Crippen LogP contribution < -0.4 is 10.2 Å². The second-order valence-electron chi connectivity index (χ2n) is 7.15. The highest BCUT2D eigenvalue weighted by atomic mass is 35.5. The summed E-state index contributed by atoms with van der Waals surface area (Å²) in [5.41, 5.74) is 1.09. The lowest BCUT2D eigenvalue weighted by Crippen LogP contribution is -2.55. The molecule has 0 saturated carbocycles. The minimum absolute atomic E-state index is 0.176. The first-order valence-electron chi connectivity index (χ1n) is 10.5. The lowest BCUT2D eigenvalue weighted by atomic mass is 10.0. The number of anilines is 1. The predicted octanol–water partition coefficient (Wildman–Crippen LogP) is 2.26. The van der Waals surface area contributed by atoms with Crippen LogP contribution in [-0.2, 0) is 20.7 Å². The first-order valence-corrected chi connectivity index (χ1v) is 11.7. The highest BCUT2D eigenvalue weighted by Crippen LogP contribution is 2.29. The van der Waals surface area contributed by atoms with Crippen molar-refractivity contribution in [3.05, 3.63) is 27.2 Å². The normalized spacial score (nSPS) is 18.5. The number of oxime groups is 1. The third kappa shape index (κ3) is 5.81. The second-order valence-corrected chi connectivity index (χ2v) is 8.48. The van der Waals surface area contributed by atoms with Crippen LogP contribution in [0.3, 0.4) is 0 Å². The maximum atomic E-state index is 12.7. The number of H-pyrrole nitrogens is 1. The Morgan fingerprint density at radius 1 is 1.36 bits per heavy atom. The number of carbonyl (C=O) groups is 2. The standard InChI is InChI=1S/C20H27ClN6O5S/c1-5-11-16(21)26-17(23-11)18(28)24-12-7-8-27(10-14(12)30-3)20-25-13(9-22-31-4)15(33-20)19(29)32-6-2/h9,12,14H,5-8,10H2,1-4H3,(H,23,26)(H,24,28). The number of hydrogen-bond donors (Lipinski definition) is 2. The van der Waals surface area contributed by atoms with Crippen LogP contribution in [0.4, 0.5) is 5.13 Å². The number of aromatic amines is 1. The van der Waals surface area contributed by atoms with Gasteiger partial charge in [-0.1, -0.05) is 35.0 Å². The molecule has 1 saturated heterocycles. The van der Waals surface area contributed by atoms with E-state index >= 15 is 0 Å². The molecule has 2 atom stereocenters. The number of esters is 1. The zero-order chi connectivity index (χ0) is 24.0. The SMILES string of the molecule is CCOC(=O)c1sc(N2CCC(NC(=O)c3nc(Cl)c(CC)[nH]3)C(OC)C2)nc1C=NOC. The van der Waals surface area contributed by atoms with Crippen LogP contribution in [0, 0.1) is 0 Å². The maximum Gasteiger partial charge on any atom is 0.350 e. The van der Waals surface area contributed by atoms with E-state index < -0.39 is 5.97 Å². The summed E-state index contributed by atoms with van der Waals surface area (Å²) in [5.74, 6) is -0.628. The van der Waals surface area contributed by atoms with Gasteiger partial charge in [-0.2, -0.15) is 0 Å². The van der Waals surface area contributed by atoms with Crippen molar-refractivity contribution in [2.45, 2.75) is 38.8 Å². The van der Waals surface area contributed by atoms with Crippen LogP contribution in [0.1, 0.15) is 51.9 Å². The quantitative estimate of drug-likeness (QED) is 0.306. The zero-order valence-corrected chi connectivity index (χ0v) is 20.5. The van der Waals surface area contributed by atoms with Crippen LogP contribution in [-0.4, -0.2) is 79.1 Å². The molecular formula is C20H27ClN6O5S. The van der Waals surface area contributed by atoms with Gasteiger partial charge in [-0.05, 0) is 19.8 Å². The van der Waals surface area contributed by atoms with Gasteiger partial charge in [-0.3, -0.25) is 4.79 Å². The number of aromatic nitrogens is 3. The van der Waals surface area contributed by atoms with Crippen molar-refractivity contribution in [1.29, 1.82) is 0 Å². The molecular weight excluding hydrogens is 472 g/mol. The summed E-state index contributed by atoms with van der Waals surface area (Å²) >= 11 is 7.27. The van der Waals surface area contributed by atoms with Crippen LogP contribution in [0.5, 0.6) is 0 Å². The molecule has 3 heterocycles. The van der Waals surface area contributed by atoms with Gasteiger partial charge in [0.25, 0.3) is 5.91 Å². The van der Waals surface area contributed by atoms with E-state index in [1.807, 2.05) is 11.8 Å². The molecule has 33 heavy (non-hydrogen) atoms. The maximum absolute atomic E-state index is 12.7. The summed E-state index contributed by atoms with van der Waals surface area (Å²) in [6, 6.07) is -0.230. The van der Waals surface area contributed by atoms with E-state index in [9.17, 15) is 9.59 Å². The number of nitrogens with zero attached hydrogens (tertiary/aromatic N) is 4. The van der Waals surface area contributed by atoms with E-state index in [-0.39, 0.29) is 30.5 Å². The number of hydrogen-bond acceptors (Lipinski definition) is 10. The molecule has 1 aliphatic heterocycles. The number of halogens is 1. The van der Waals surface area contributed by atoms with E-state index in [2.05, 4.69) is 25.4 Å². The molecule has 3 rings (SSSR count). The highest BCUT2D eigenvalue weighted by molar-refractivity contribution is 7.17.